The first kappa shape index (κ1) is 111. The van der Waals surface area contributed by atoms with Crippen LogP contribution in [0.15, 0.2) is 187 Å². The number of hydrogen-bond donors (Lipinski definition) is 0. The second-order valence-electron chi connectivity index (χ2n) is 40.2. The second-order valence-corrected chi connectivity index (χ2v) is 41.3. The van der Waals surface area contributed by atoms with Crippen molar-refractivity contribution < 1.29 is 17.9 Å². The molecule has 0 unspecified atom stereocenters. The Morgan fingerprint density at radius 3 is 1.08 bits per heavy atom. The van der Waals surface area contributed by atoms with Crippen LogP contribution in [0, 0.1) is 72.8 Å². The van der Waals surface area contributed by atoms with Crippen molar-refractivity contribution in [3.05, 3.63) is 323 Å². The van der Waals surface area contributed by atoms with Crippen LogP contribution in [0.1, 0.15) is 356 Å². The Bertz CT molecular complexity index is 4700. The van der Waals surface area contributed by atoms with E-state index in [1.807, 2.05) is 158 Å². The summed E-state index contributed by atoms with van der Waals surface area (Å²) in [5.41, 5.74) is 21.5. The number of aromatic nitrogens is 10. The van der Waals surface area contributed by atoms with Gasteiger partial charge in [0.1, 0.15) is 21.4 Å². The highest BCUT2D eigenvalue weighted by Gasteiger charge is 2.27. The minimum absolute atomic E-state index is 0.0648. The molecule has 676 valence electrons. The van der Waals surface area contributed by atoms with Crippen LogP contribution < -0.4 is 4.74 Å². The molecule has 1 aliphatic rings. The molecule has 0 N–H and O–H groups in total. The van der Waals surface area contributed by atoms with E-state index in [0.29, 0.717) is 39.9 Å². The summed E-state index contributed by atoms with van der Waals surface area (Å²) in [6.07, 6.45) is 8.31. The molecule has 0 radical (unpaired) electrons. The van der Waals surface area contributed by atoms with E-state index in [0.717, 1.165) is 78.6 Å². The van der Waals surface area contributed by atoms with Crippen LogP contribution in [0.3, 0.4) is 0 Å². The van der Waals surface area contributed by atoms with Crippen LogP contribution in [-0.4, -0.2) is 56.9 Å². The van der Waals surface area contributed by atoms with Crippen molar-refractivity contribution in [1.82, 2.24) is 49.8 Å². The van der Waals surface area contributed by atoms with E-state index in [9.17, 15) is 13.2 Å². The Morgan fingerprint density at radius 2 is 0.774 bits per heavy atom. The van der Waals surface area contributed by atoms with Gasteiger partial charge in [0.05, 0.1) is 24.2 Å². The summed E-state index contributed by atoms with van der Waals surface area (Å²) in [6.45, 7) is 77.2. The van der Waals surface area contributed by atoms with Gasteiger partial charge < -0.3 is 4.74 Å². The number of benzene rings is 2. The second kappa shape index (κ2) is 51.0. The van der Waals surface area contributed by atoms with Gasteiger partial charge in [-0.25, -0.2) is 23.1 Å². The van der Waals surface area contributed by atoms with Gasteiger partial charge in [-0.1, -0.05) is 285 Å². The predicted molar refractivity (Wildman–Crippen MR) is 525 cm³/mol. The molecular weight excluding hydrogens is 1630 g/mol. The van der Waals surface area contributed by atoms with Gasteiger partial charge in [-0.2, -0.15) is 0 Å². The van der Waals surface area contributed by atoms with Crippen LogP contribution in [-0.2, 0) is 37.9 Å². The van der Waals surface area contributed by atoms with E-state index in [1.165, 1.54) is 66.0 Å². The minimum Gasteiger partial charge on any atom is -0.494 e. The normalized spacial score (nSPS) is 11.9. The summed E-state index contributed by atoms with van der Waals surface area (Å²) in [5.74, 6) is 2.20. The van der Waals surface area contributed by atoms with Crippen molar-refractivity contribution >= 4 is 27.5 Å². The lowest BCUT2D eigenvalue weighted by molar-refractivity contribution is 0.383. The largest absolute Gasteiger partial charge is 0.494 e. The van der Waals surface area contributed by atoms with Crippen molar-refractivity contribution in [1.29, 1.82) is 0 Å². The maximum atomic E-state index is 13.5. The third-order valence-corrected chi connectivity index (χ3v) is 20.1. The molecule has 1 aliphatic carbocycles. The SMILES string of the molecule is CC(C)(C)c1cccc(C2CC2)n1.CC(C)(C)c1nc(Cl)ccc1F.COc1cccc(C(C)C)c1F.Cc1cccc(C(C)(C)C)c1F.Cc1cccc(C(C)(C)C)n1.Cc1cccc(C(C)(C)C)n1.Cc1cccc(C(C)(C)C)n1.Cc1cccc(C(C)C)n1.Cc1cccc(C(C)C)n1.Cc1cncc(C(C)(C)C)c1.Cc1ncc(C(C)C)nc1Br. The van der Waals surface area contributed by atoms with Gasteiger partial charge >= 0.3 is 0 Å². The van der Waals surface area contributed by atoms with E-state index >= 15 is 0 Å². The standard InChI is InChI=1S/C12H17N.C11H15F.C10H13FO.4C10H15N.C9H11ClFN.2C9H13N.C8H11BrN2/c1-12(2,3)11-6-4-5-10(13-11)9-7-8-9;1-8-6-5-7-9(10(8)12)11(2,3)4;1-7(2)8-5-4-6-9(12-3)10(8)11;1-8-5-9(7-11-6-8)10(2,3)4;3*1-8-6-5-7-9(11-8)10(2,3)4;1-9(2,3)8-6(11)4-5-7(10)12-8;2*1-7(2)9-6-4-5-8(3)10-9;1-5(2)7-4-10-6(3)8(9)11-7/h4-6,9H,7-8H2,1-3H3;5-7H,1-4H3;4-7H,1-3H3;4*5-7H,1-4H3;4-5H,1-3H3;2*4-7H,1-3H3;4-5H,1-3H3. The summed E-state index contributed by atoms with van der Waals surface area (Å²) in [4.78, 5) is 43.4. The first-order valence-corrected chi connectivity index (χ1v) is 44.7. The number of ether oxygens (including phenoxy) is 1. The smallest absolute Gasteiger partial charge is 0.168 e. The van der Waals surface area contributed by atoms with Crippen molar-refractivity contribution in [3.8, 4) is 5.75 Å². The molecule has 0 saturated heterocycles. The molecule has 1 saturated carbocycles. The fourth-order valence-electron chi connectivity index (χ4n) is 11.1. The summed E-state index contributed by atoms with van der Waals surface area (Å²) >= 11 is 8.99. The van der Waals surface area contributed by atoms with Gasteiger partial charge in [0.2, 0.25) is 0 Å². The number of methoxy groups -OCH3 is 1. The molecule has 16 heteroatoms. The van der Waals surface area contributed by atoms with Crippen molar-refractivity contribution in [3.63, 3.8) is 0 Å². The Hall–Kier alpha value is -8.92. The number of hydrogen-bond acceptors (Lipinski definition) is 11. The number of halogens is 5. The minimum atomic E-state index is -0.299. The highest BCUT2D eigenvalue weighted by Crippen LogP contribution is 2.40. The number of pyridine rings is 8. The van der Waals surface area contributed by atoms with Gasteiger partial charge in [-0.05, 0) is 237 Å². The number of nitrogens with zero attached hydrogens (tertiary/aromatic N) is 10. The fraction of sp³-hybridized carbons (Fsp3) is 0.481. The molecule has 0 aliphatic heterocycles. The van der Waals surface area contributed by atoms with Gasteiger partial charge in [0.25, 0.3) is 0 Å². The molecule has 0 atom stereocenters. The number of rotatable bonds is 6. The van der Waals surface area contributed by atoms with E-state index in [2.05, 4.69) is 298 Å². The molecule has 11 nitrogen and oxygen atoms in total. The Kier molecular flexibility index (Phi) is 45.7. The van der Waals surface area contributed by atoms with Gasteiger partial charge in [0, 0.05) is 120 Å². The first-order chi connectivity index (χ1) is 57.1. The van der Waals surface area contributed by atoms with Gasteiger partial charge in [-0.15, -0.1) is 0 Å². The maximum Gasteiger partial charge on any atom is 0.168 e. The maximum absolute atomic E-state index is 13.5. The van der Waals surface area contributed by atoms with Crippen LogP contribution in [0.25, 0.3) is 0 Å². The van der Waals surface area contributed by atoms with E-state index in [4.69, 9.17) is 21.3 Å². The molecular formula is C108H153BrClF3N10O. The average Bonchev–Trinajstić information content (AvgIpc) is 1.14. The van der Waals surface area contributed by atoms with E-state index < -0.39 is 0 Å². The lowest BCUT2D eigenvalue weighted by Gasteiger charge is -2.20. The zero-order valence-electron chi connectivity index (χ0n) is 82.9. The number of aryl methyl sites for hydroxylation is 8. The lowest BCUT2D eigenvalue weighted by Crippen LogP contribution is -2.15. The summed E-state index contributed by atoms with van der Waals surface area (Å²) < 4.78 is 45.8. The summed E-state index contributed by atoms with van der Waals surface area (Å²) in [7, 11) is 1.47. The molecule has 11 aromatic rings. The molecule has 9 heterocycles. The third kappa shape index (κ3) is 42.8. The zero-order chi connectivity index (χ0) is 94.8. The van der Waals surface area contributed by atoms with Gasteiger partial charge in [0.15, 0.2) is 11.6 Å². The van der Waals surface area contributed by atoms with E-state index in [-0.39, 0.29) is 61.3 Å². The summed E-state index contributed by atoms with van der Waals surface area (Å²) in [5, 5.41) is 0.335. The van der Waals surface area contributed by atoms with Crippen LogP contribution in [0.5, 0.6) is 5.75 Å². The van der Waals surface area contributed by atoms with Crippen molar-refractivity contribution in [2.45, 2.75) is 337 Å². The highest BCUT2D eigenvalue weighted by atomic mass is 79.9. The molecule has 0 spiro atoms. The third-order valence-electron chi connectivity index (χ3n) is 19.1. The quantitative estimate of drug-likeness (QED) is 0.147. The predicted octanol–water partition coefficient (Wildman–Crippen LogP) is 31.3. The Morgan fingerprint density at radius 1 is 0.379 bits per heavy atom. The zero-order valence-corrected chi connectivity index (χ0v) is 85.2. The molecule has 0 amide bonds. The van der Waals surface area contributed by atoms with Crippen LogP contribution >= 0.6 is 27.5 Å². The molecule has 9 aromatic heterocycles. The Balaban J connectivity index is 0.000000462. The average molecular weight is 1780 g/mol. The van der Waals surface area contributed by atoms with Gasteiger partial charge in [-0.3, -0.25) is 39.9 Å². The Labute approximate surface area is 762 Å². The molecule has 0 bridgehead atoms. The van der Waals surface area contributed by atoms with Crippen molar-refractivity contribution in [2.75, 3.05) is 7.11 Å². The van der Waals surface area contributed by atoms with Crippen LogP contribution in [0.4, 0.5) is 13.2 Å². The summed E-state index contributed by atoms with van der Waals surface area (Å²) in [6, 6.07) is 52.9. The topological polar surface area (TPSA) is 138 Å². The fourth-order valence-corrected chi connectivity index (χ4v) is 11.6. The van der Waals surface area contributed by atoms with E-state index in [1.54, 1.807) is 31.2 Å². The van der Waals surface area contributed by atoms with Crippen LogP contribution in [0.2, 0.25) is 5.15 Å². The lowest BCUT2D eigenvalue weighted by atomic mass is 9.86. The molecule has 2 aromatic carbocycles. The molecule has 124 heavy (non-hydrogen) atoms. The molecule has 12 rings (SSSR count). The molecule has 1 fully saturated rings. The van der Waals surface area contributed by atoms with Crippen molar-refractivity contribution in [2.24, 2.45) is 0 Å². The monoisotopic (exact) mass is 1780 g/mol. The first-order valence-electron chi connectivity index (χ1n) is 43.6. The highest BCUT2D eigenvalue weighted by molar-refractivity contribution is 9.10.